The van der Waals surface area contributed by atoms with Crippen LogP contribution >= 0.6 is 0 Å². The Bertz CT molecular complexity index is 243. The number of rotatable bonds is 9. The average Bonchev–Trinajstić information content (AvgIpc) is 2.41. The molecule has 1 aliphatic rings. The fourth-order valence-electron chi connectivity index (χ4n) is 2.16. The second-order valence-corrected chi connectivity index (χ2v) is 4.81. The fourth-order valence-corrected chi connectivity index (χ4v) is 2.16. The van der Waals surface area contributed by atoms with Crippen LogP contribution in [0.5, 0.6) is 0 Å². The van der Waals surface area contributed by atoms with Crippen LogP contribution in [0.2, 0.25) is 0 Å². The van der Waals surface area contributed by atoms with Gasteiger partial charge >= 0.3 is 0 Å². The summed E-state index contributed by atoms with van der Waals surface area (Å²) in [6, 6.07) is 0. The van der Waals surface area contributed by atoms with Gasteiger partial charge in [-0.05, 0) is 6.42 Å². The highest BCUT2D eigenvalue weighted by molar-refractivity contribution is 5.77. The van der Waals surface area contributed by atoms with E-state index in [-0.39, 0.29) is 5.91 Å². The Kier molecular flexibility index (Phi) is 8.73. The summed E-state index contributed by atoms with van der Waals surface area (Å²) in [7, 11) is 3.37. The van der Waals surface area contributed by atoms with E-state index >= 15 is 0 Å². The molecule has 0 radical (unpaired) electrons. The van der Waals surface area contributed by atoms with Crippen molar-refractivity contribution >= 4 is 5.91 Å². The molecule has 0 spiro atoms. The number of nitrogens with one attached hydrogen (secondary N) is 1. The lowest BCUT2D eigenvalue weighted by Gasteiger charge is -2.34. The second-order valence-electron chi connectivity index (χ2n) is 4.81. The van der Waals surface area contributed by atoms with Crippen LogP contribution in [0.4, 0.5) is 0 Å². The zero-order chi connectivity index (χ0) is 13.9. The molecule has 0 atom stereocenters. The van der Waals surface area contributed by atoms with Crippen LogP contribution in [0.25, 0.3) is 0 Å². The molecule has 0 saturated carbocycles. The van der Waals surface area contributed by atoms with Gasteiger partial charge in [-0.15, -0.1) is 0 Å². The lowest BCUT2D eigenvalue weighted by atomic mass is 10.3. The molecule has 0 aliphatic carbocycles. The molecule has 1 rings (SSSR count). The summed E-state index contributed by atoms with van der Waals surface area (Å²) < 4.78 is 9.95. The lowest BCUT2D eigenvalue weighted by Crippen LogP contribution is -2.49. The number of hydrogen-bond acceptors (Lipinski definition) is 5. The SMILES string of the molecule is COCCCN1CCN(CC(=O)NCCOC)CC1. The number of carbonyl (C=O) groups is 1. The van der Waals surface area contributed by atoms with Crippen LogP contribution in [0.15, 0.2) is 0 Å². The zero-order valence-electron chi connectivity index (χ0n) is 12.2. The van der Waals surface area contributed by atoms with Crippen LogP contribution < -0.4 is 5.32 Å². The van der Waals surface area contributed by atoms with E-state index in [0.29, 0.717) is 19.7 Å². The van der Waals surface area contributed by atoms with Crippen LogP contribution in [-0.4, -0.2) is 89.0 Å². The van der Waals surface area contributed by atoms with Gasteiger partial charge in [0.1, 0.15) is 0 Å². The third-order valence-corrected chi connectivity index (χ3v) is 3.28. The normalized spacial score (nSPS) is 17.6. The molecule has 0 aromatic carbocycles. The summed E-state index contributed by atoms with van der Waals surface area (Å²) >= 11 is 0. The van der Waals surface area contributed by atoms with Gasteiger partial charge < -0.3 is 19.7 Å². The van der Waals surface area contributed by atoms with Crippen molar-refractivity contribution in [3.63, 3.8) is 0 Å². The lowest BCUT2D eigenvalue weighted by molar-refractivity contribution is -0.122. The van der Waals surface area contributed by atoms with E-state index in [0.717, 1.165) is 45.8 Å². The van der Waals surface area contributed by atoms with Crippen molar-refractivity contribution < 1.29 is 14.3 Å². The molecule has 1 N–H and O–H groups in total. The van der Waals surface area contributed by atoms with E-state index in [4.69, 9.17) is 9.47 Å². The van der Waals surface area contributed by atoms with Crippen molar-refractivity contribution in [3.05, 3.63) is 0 Å². The molecule has 6 nitrogen and oxygen atoms in total. The maximum atomic E-state index is 11.6. The van der Waals surface area contributed by atoms with E-state index in [2.05, 4.69) is 15.1 Å². The van der Waals surface area contributed by atoms with Crippen LogP contribution in [0.1, 0.15) is 6.42 Å². The molecule has 0 aromatic heterocycles. The molecule has 0 aromatic rings. The number of carbonyl (C=O) groups excluding carboxylic acids is 1. The first-order valence-corrected chi connectivity index (χ1v) is 6.95. The first-order chi connectivity index (χ1) is 9.26. The largest absolute Gasteiger partial charge is 0.385 e. The summed E-state index contributed by atoms with van der Waals surface area (Å²) in [5.74, 6) is 0.0879. The van der Waals surface area contributed by atoms with Gasteiger partial charge in [-0.25, -0.2) is 0 Å². The molecule has 112 valence electrons. The first-order valence-electron chi connectivity index (χ1n) is 6.95. The molecule has 1 aliphatic heterocycles. The summed E-state index contributed by atoms with van der Waals surface area (Å²) in [5.41, 5.74) is 0. The average molecular weight is 273 g/mol. The molecule has 1 fully saturated rings. The zero-order valence-corrected chi connectivity index (χ0v) is 12.2. The minimum atomic E-state index is 0.0879. The van der Waals surface area contributed by atoms with Gasteiger partial charge in [0, 0.05) is 60.1 Å². The maximum Gasteiger partial charge on any atom is 0.234 e. The maximum absolute atomic E-state index is 11.6. The van der Waals surface area contributed by atoms with Crippen LogP contribution in [0, 0.1) is 0 Å². The van der Waals surface area contributed by atoms with Gasteiger partial charge in [0.25, 0.3) is 0 Å². The molecular weight excluding hydrogens is 246 g/mol. The molecule has 1 amide bonds. The third-order valence-electron chi connectivity index (χ3n) is 3.28. The fraction of sp³-hybridized carbons (Fsp3) is 0.923. The van der Waals surface area contributed by atoms with E-state index in [1.165, 1.54) is 0 Å². The van der Waals surface area contributed by atoms with E-state index in [1.54, 1.807) is 14.2 Å². The number of nitrogens with zero attached hydrogens (tertiary/aromatic N) is 2. The van der Waals surface area contributed by atoms with Gasteiger partial charge in [0.15, 0.2) is 0 Å². The Morgan fingerprint density at radius 3 is 2.32 bits per heavy atom. The second kappa shape index (κ2) is 10.1. The third kappa shape index (κ3) is 7.47. The van der Waals surface area contributed by atoms with Crippen molar-refractivity contribution in [3.8, 4) is 0 Å². The summed E-state index contributed by atoms with van der Waals surface area (Å²) in [6.07, 6.45) is 1.08. The number of ether oxygens (including phenoxy) is 2. The Morgan fingerprint density at radius 2 is 1.68 bits per heavy atom. The first kappa shape index (κ1) is 16.4. The van der Waals surface area contributed by atoms with Crippen molar-refractivity contribution in [1.82, 2.24) is 15.1 Å². The van der Waals surface area contributed by atoms with Gasteiger partial charge in [-0.3, -0.25) is 9.69 Å². The number of hydrogen-bond donors (Lipinski definition) is 1. The minimum absolute atomic E-state index is 0.0879. The Labute approximate surface area is 116 Å². The van der Waals surface area contributed by atoms with Crippen molar-refractivity contribution in [2.75, 3.05) is 73.2 Å². The Morgan fingerprint density at radius 1 is 1.05 bits per heavy atom. The smallest absolute Gasteiger partial charge is 0.234 e. The molecule has 1 heterocycles. The van der Waals surface area contributed by atoms with E-state index in [9.17, 15) is 4.79 Å². The highest BCUT2D eigenvalue weighted by atomic mass is 16.5. The number of piperazine rings is 1. The van der Waals surface area contributed by atoms with Gasteiger partial charge in [-0.1, -0.05) is 0 Å². The molecule has 0 bridgehead atoms. The summed E-state index contributed by atoms with van der Waals surface area (Å²) in [5, 5.41) is 2.85. The molecule has 0 unspecified atom stereocenters. The number of amides is 1. The van der Waals surface area contributed by atoms with Gasteiger partial charge in [0.2, 0.25) is 5.91 Å². The number of methoxy groups -OCH3 is 2. The van der Waals surface area contributed by atoms with Gasteiger partial charge in [-0.2, -0.15) is 0 Å². The van der Waals surface area contributed by atoms with Crippen molar-refractivity contribution in [2.45, 2.75) is 6.42 Å². The summed E-state index contributed by atoms with van der Waals surface area (Å²) in [6.45, 7) is 7.56. The molecule has 1 saturated heterocycles. The predicted octanol–water partition coefficient (Wildman–Crippen LogP) is -0.597. The topological polar surface area (TPSA) is 54.0 Å². The van der Waals surface area contributed by atoms with Crippen LogP contribution in [-0.2, 0) is 14.3 Å². The quantitative estimate of drug-likeness (QED) is 0.569. The van der Waals surface area contributed by atoms with Gasteiger partial charge in [0.05, 0.1) is 13.2 Å². The monoisotopic (exact) mass is 273 g/mol. The standard InChI is InChI=1S/C13H27N3O3/c1-18-10-3-5-15-6-8-16(9-7-15)12-13(17)14-4-11-19-2/h3-12H2,1-2H3,(H,14,17). The Hall–Kier alpha value is -0.690. The van der Waals surface area contributed by atoms with E-state index in [1.807, 2.05) is 0 Å². The molecule has 6 heteroatoms. The summed E-state index contributed by atoms with van der Waals surface area (Å²) in [4.78, 5) is 16.3. The van der Waals surface area contributed by atoms with E-state index < -0.39 is 0 Å². The van der Waals surface area contributed by atoms with Crippen LogP contribution in [0.3, 0.4) is 0 Å². The highest BCUT2D eigenvalue weighted by Crippen LogP contribution is 2.02. The Balaban J connectivity index is 2.07. The minimum Gasteiger partial charge on any atom is -0.385 e. The molecular formula is C13H27N3O3. The molecule has 19 heavy (non-hydrogen) atoms. The predicted molar refractivity (Wildman–Crippen MR) is 74.3 cm³/mol. The highest BCUT2D eigenvalue weighted by Gasteiger charge is 2.18. The van der Waals surface area contributed by atoms with Crippen molar-refractivity contribution in [2.24, 2.45) is 0 Å². The van der Waals surface area contributed by atoms with Crippen molar-refractivity contribution in [1.29, 1.82) is 0 Å².